The smallest absolute Gasteiger partial charge is 0.343 e. The lowest BCUT2D eigenvalue weighted by atomic mass is 10.1. The van der Waals surface area contributed by atoms with Crippen molar-refractivity contribution in [3.63, 3.8) is 0 Å². The van der Waals surface area contributed by atoms with Gasteiger partial charge in [0, 0.05) is 5.56 Å². The van der Waals surface area contributed by atoms with Crippen molar-refractivity contribution in [1.29, 1.82) is 0 Å². The van der Waals surface area contributed by atoms with E-state index in [0.717, 1.165) is 22.6 Å². The Hall–Kier alpha value is -3.79. The van der Waals surface area contributed by atoms with Crippen molar-refractivity contribution in [2.45, 2.75) is 0 Å². The second-order valence-electron chi connectivity index (χ2n) is 6.21. The summed E-state index contributed by atoms with van der Waals surface area (Å²) in [4.78, 5) is 12.2. The van der Waals surface area contributed by atoms with Crippen molar-refractivity contribution in [3.8, 4) is 17.2 Å². The largest absolute Gasteiger partial charge is 0.497 e. The number of rotatable bonds is 5. The number of esters is 1. The Kier molecular flexibility index (Phi) is 4.93. The lowest BCUT2D eigenvalue weighted by Crippen LogP contribution is -1.97. The van der Waals surface area contributed by atoms with Gasteiger partial charge in [-0.3, -0.25) is 0 Å². The van der Waals surface area contributed by atoms with Crippen LogP contribution < -0.4 is 9.47 Å². The van der Waals surface area contributed by atoms with E-state index in [1.54, 1.807) is 19.3 Å². The summed E-state index contributed by atoms with van der Waals surface area (Å²) in [7, 11) is 1.61. The number of hydrogen-bond acceptors (Lipinski definition) is 4. The highest BCUT2D eigenvalue weighted by Gasteiger charge is 2.22. The van der Waals surface area contributed by atoms with Crippen LogP contribution in [0.3, 0.4) is 0 Å². The minimum atomic E-state index is -0.373. The molecule has 0 unspecified atom stereocenters. The van der Waals surface area contributed by atoms with Gasteiger partial charge >= 0.3 is 5.97 Å². The predicted octanol–water partition coefficient (Wildman–Crippen LogP) is 5.47. The normalized spacial score (nSPS) is 14.5. The Morgan fingerprint density at radius 2 is 1.54 bits per heavy atom. The Morgan fingerprint density at radius 3 is 2.29 bits per heavy atom. The third-order valence-electron chi connectivity index (χ3n) is 4.26. The summed E-state index contributed by atoms with van der Waals surface area (Å²) < 4.78 is 16.4. The molecule has 3 aromatic rings. The second kappa shape index (κ2) is 7.84. The molecule has 0 saturated carbocycles. The minimum absolute atomic E-state index is 0.373. The maximum absolute atomic E-state index is 12.2. The van der Waals surface area contributed by atoms with Crippen LogP contribution in [0, 0.1) is 0 Å². The Bertz CT molecular complexity index is 1050. The zero-order valence-corrected chi connectivity index (χ0v) is 15.3. The Labute approximate surface area is 163 Å². The van der Waals surface area contributed by atoms with E-state index in [9.17, 15) is 4.79 Å². The van der Waals surface area contributed by atoms with Crippen LogP contribution in [0.15, 0.2) is 90.5 Å². The first-order valence-electron chi connectivity index (χ1n) is 8.84. The number of hydrogen-bond donors (Lipinski definition) is 0. The predicted molar refractivity (Wildman–Crippen MR) is 108 cm³/mol. The zero-order chi connectivity index (χ0) is 19.3. The third kappa shape index (κ3) is 3.96. The van der Waals surface area contributed by atoms with E-state index in [-0.39, 0.29) is 5.97 Å². The van der Waals surface area contributed by atoms with E-state index < -0.39 is 0 Å². The van der Waals surface area contributed by atoms with Crippen molar-refractivity contribution in [1.82, 2.24) is 0 Å². The van der Waals surface area contributed by atoms with Crippen LogP contribution >= 0.6 is 0 Å². The molecule has 4 rings (SSSR count). The van der Waals surface area contributed by atoms with Gasteiger partial charge in [0.25, 0.3) is 0 Å². The van der Waals surface area contributed by atoms with E-state index in [1.807, 2.05) is 78.9 Å². The molecule has 0 aromatic heterocycles. The zero-order valence-electron chi connectivity index (χ0n) is 15.3. The number of cyclic esters (lactones) is 1. The molecule has 0 N–H and O–H groups in total. The van der Waals surface area contributed by atoms with Crippen LogP contribution in [0.4, 0.5) is 0 Å². The second-order valence-corrected chi connectivity index (χ2v) is 6.21. The van der Waals surface area contributed by atoms with Gasteiger partial charge in [0.2, 0.25) is 0 Å². The summed E-state index contributed by atoms with van der Waals surface area (Å²) in [5.41, 5.74) is 2.17. The van der Waals surface area contributed by atoms with E-state index in [1.165, 1.54) is 0 Å². The summed E-state index contributed by atoms with van der Waals surface area (Å²) in [6.07, 6.45) is 3.53. The highest BCUT2D eigenvalue weighted by Crippen LogP contribution is 2.30. The number of para-hydroxylation sites is 1. The molecular weight excluding hydrogens is 352 g/mol. The Balaban J connectivity index is 1.53. The lowest BCUT2D eigenvalue weighted by molar-refractivity contribution is -0.130. The lowest BCUT2D eigenvalue weighted by Gasteiger charge is -2.06. The van der Waals surface area contributed by atoms with E-state index in [2.05, 4.69) is 0 Å². The average Bonchev–Trinajstić information content (AvgIpc) is 3.10. The minimum Gasteiger partial charge on any atom is -0.497 e. The van der Waals surface area contributed by atoms with Gasteiger partial charge in [-0.05, 0) is 66.2 Å². The highest BCUT2D eigenvalue weighted by molar-refractivity contribution is 6.05. The van der Waals surface area contributed by atoms with Gasteiger partial charge in [0.05, 0.1) is 12.7 Å². The molecule has 0 bridgehead atoms. The maximum Gasteiger partial charge on any atom is 0.343 e. The van der Waals surface area contributed by atoms with Crippen molar-refractivity contribution < 1.29 is 19.0 Å². The fraction of sp³-hybridized carbons (Fsp3) is 0.0417. The monoisotopic (exact) mass is 370 g/mol. The molecule has 0 radical (unpaired) electrons. The van der Waals surface area contributed by atoms with Gasteiger partial charge < -0.3 is 14.2 Å². The van der Waals surface area contributed by atoms with Crippen molar-refractivity contribution in [3.05, 3.63) is 102 Å². The maximum atomic E-state index is 12.2. The van der Waals surface area contributed by atoms with Crippen molar-refractivity contribution in [2.75, 3.05) is 7.11 Å². The highest BCUT2D eigenvalue weighted by atomic mass is 16.5. The quantitative estimate of drug-likeness (QED) is 0.441. The van der Waals surface area contributed by atoms with Crippen LogP contribution in [0.1, 0.15) is 11.1 Å². The molecule has 0 atom stereocenters. The van der Waals surface area contributed by atoms with E-state index in [4.69, 9.17) is 14.2 Å². The number of carbonyl (C=O) groups excluding carboxylic acids is 1. The van der Waals surface area contributed by atoms with E-state index in [0.29, 0.717) is 17.1 Å². The van der Waals surface area contributed by atoms with Crippen molar-refractivity contribution >= 4 is 17.8 Å². The number of ether oxygens (including phenoxy) is 3. The summed E-state index contributed by atoms with van der Waals surface area (Å²) in [5.74, 6) is 2.36. The van der Waals surface area contributed by atoms with Crippen molar-refractivity contribution in [2.24, 2.45) is 0 Å². The Morgan fingerprint density at radius 1 is 0.821 bits per heavy atom. The molecule has 0 aliphatic carbocycles. The standard InChI is InChI=1S/C24H18O4/c1-26-22-9-5-6-17(15-22)14-19-16-23(28-24(19)25)18-10-12-21(13-11-18)27-20-7-3-2-4-8-20/h2-16H,1H3/b19-14+. The van der Waals surface area contributed by atoms with Gasteiger partial charge in [-0.2, -0.15) is 0 Å². The first-order valence-corrected chi connectivity index (χ1v) is 8.84. The topological polar surface area (TPSA) is 44.8 Å². The SMILES string of the molecule is COc1cccc(/C=C2\C=C(c3ccc(Oc4ccccc4)cc3)OC2=O)c1. The fourth-order valence-electron chi connectivity index (χ4n) is 2.85. The van der Waals surface area contributed by atoms with Gasteiger partial charge in [-0.1, -0.05) is 30.3 Å². The van der Waals surface area contributed by atoms with Crippen LogP contribution in [0.25, 0.3) is 11.8 Å². The summed E-state index contributed by atoms with van der Waals surface area (Å²) in [6, 6.07) is 24.5. The molecule has 0 saturated heterocycles. The van der Waals surface area contributed by atoms with Gasteiger partial charge in [-0.15, -0.1) is 0 Å². The number of methoxy groups -OCH3 is 1. The molecule has 0 amide bonds. The molecule has 1 heterocycles. The van der Waals surface area contributed by atoms with Crippen LogP contribution in [0.5, 0.6) is 17.2 Å². The van der Waals surface area contributed by atoms with Crippen LogP contribution in [0.2, 0.25) is 0 Å². The fourth-order valence-corrected chi connectivity index (χ4v) is 2.85. The number of benzene rings is 3. The summed E-state index contributed by atoms with van der Waals surface area (Å²) >= 11 is 0. The first kappa shape index (κ1) is 17.6. The first-order chi connectivity index (χ1) is 13.7. The molecule has 1 aliphatic rings. The number of carbonyl (C=O) groups is 1. The molecule has 4 nitrogen and oxygen atoms in total. The molecule has 0 fully saturated rings. The van der Waals surface area contributed by atoms with Gasteiger partial charge in [0.1, 0.15) is 23.0 Å². The van der Waals surface area contributed by atoms with Crippen LogP contribution in [-0.2, 0) is 9.53 Å². The molecule has 0 spiro atoms. The van der Waals surface area contributed by atoms with Crippen LogP contribution in [-0.4, -0.2) is 13.1 Å². The third-order valence-corrected chi connectivity index (χ3v) is 4.26. The molecule has 4 heteroatoms. The van der Waals surface area contributed by atoms with Gasteiger partial charge in [-0.25, -0.2) is 4.79 Å². The molecule has 28 heavy (non-hydrogen) atoms. The molecule has 138 valence electrons. The molecule has 1 aliphatic heterocycles. The average molecular weight is 370 g/mol. The summed E-state index contributed by atoms with van der Waals surface area (Å²) in [5, 5.41) is 0. The molecule has 3 aromatic carbocycles. The van der Waals surface area contributed by atoms with Gasteiger partial charge in [0.15, 0.2) is 0 Å². The van der Waals surface area contributed by atoms with E-state index >= 15 is 0 Å². The summed E-state index contributed by atoms with van der Waals surface area (Å²) in [6.45, 7) is 0. The molecular formula is C24H18O4.